The van der Waals surface area contributed by atoms with Crippen LogP contribution in [0.15, 0.2) is 0 Å². The molecule has 2 N–H and O–H groups in total. The van der Waals surface area contributed by atoms with Crippen LogP contribution >= 0.6 is 0 Å². The third-order valence-electron chi connectivity index (χ3n) is 2.72. The molecule has 0 radical (unpaired) electrons. The first kappa shape index (κ1) is 14.9. The van der Waals surface area contributed by atoms with E-state index in [1.54, 1.807) is 0 Å². The van der Waals surface area contributed by atoms with Gasteiger partial charge in [-0.2, -0.15) is 0 Å². The van der Waals surface area contributed by atoms with Crippen molar-refractivity contribution in [3.05, 3.63) is 0 Å². The maximum atomic E-state index is 9.54. The van der Waals surface area contributed by atoms with E-state index >= 15 is 0 Å². The summed E-state index contributed by atoms with van der Waals surface area (Å²) in [5, 5.41) is 13.0. The van der Waals surface area contributed by atoms with E-state index < -0.39 is 5.60 Å². The maximum Gasteiger partial charge on any atom is 0.0603 e. The molecule has 0 aliphatic carbocycles. The Morgan fingerprint density at radius 1 is 1.20 bits per heavy atom. The molecular weight excluding hydrogens is 186 g/mol. The van der Waals surface area contributed by atoms with Crippen molar-refractivity contribution >= 4 is 0 Å². The van der Waals surface area contributed by atoms with Gasteiger partial charge in [-0.3, -0.25) is 0 Å². The summed E-state index contributed by atoms with van der Waals surface area (Å²) in [4.78, 5) is 0. The standard InChI is InChI=1S/C13H29NO/c1-5-6-7-8-9-12(2)14-11-10-13(3,4)15/h12,14-15H,5-11H2,1-4H3. The predicted molar refractivity (Wildman–Crippen MR) is 67.1 cm³/mol. The zero-order chi connectivity index (χ0) is 11.7. The monoisotopic (exact) mass is 215 g/mol. The van der Waals surface area contributed by atoms with Crippen LogP contribution in [0.25, 0.3) is 0 Å². The number of hydrogen-bond acceptors (Lipinski definition) is 2. The lowest BCUT2D eigenvalue weighted by molar-refractivity contribution is 0.0704. The van der Waals surface area contributed by atoms with Gasteiger partial charge in [0, 0.05) is 6.04 Å². The molecular formula is C13H29NO. The van der Waals surface area contributed by atoms with E-state index in [9.17, 15) is 5.11 Å². The van der Waals surface area contributed by atoms with Gasteiger partial charge in [-0.1, -0.05) is 32.6 Å². The van der Waals surface area contributed by atoms with Crippen LogP contribution in [-0.2, 0) is 0 Å². The van der Waals surface area contributed by atoms with Crippen molar-refractivity contribution in [1.82, 2.24) is 5.32 Å². The van der Waals surface area contributed by atoms with E-state index in [0.717, 1.165) is 13.0 Å². The minimum Gasteiger partial charge on any atom is -0.390 e. The summed E-state index contributed by atoms with van der Waals surface area (Å²) in [6.45, 7) is 9.11. The van der Waals surface area contributed by atoms with E-state index in [1.807, 2.05) is 13.8 Å². The predicted octanol–water partition coefficient (Wildman–Crippen LogP) is 3.10. The van der Waals surface area contributed by atoms with Crippen LogP contribution < -0.4 is 5.32 Å². The first-order chi connectivity index (χ1) is 6.95. The molecule has 0 rings (SSSR count). The van der Waals surface area contributed by atoms with Crippen molar-refractivity contribution in [2.24, 2.45) is 0 Å². The Labute approximate surface area is 95.5 Å². The molecule has 1 atom stereocenters. The third-order valence-corrected chi connectivity index (χ3v) is 2.72. The van der Waals surface area contributed by atoms with Gasteiger partial charge in [0.2, 0.25) is 0 Å². The molecule has 2 nitrogen and oxygen atoms in total. The van der Waals surface area contributed by atoms with E-state index in [0.29, 0.717) is 6.04 Å². The number of hydrogen-bond donors (Lipinski definition) is 2. The number of unbranched alkanes of at least 4 members (excludes halogenated alkanes) is 3. The molecule has 15 heavy (non-hydrogen) atoms. The quantitative estimate of drug-likeness (QED) is 0.579. The second-order valence-electron chi connectivity index (χ2n) is 5.27. The van der Waals surface area contributed by atoms with Crippen LogP contribution in [0.5, 0.6) is 0 Å². The molecule has 0 aromatic carbocycles. The Hall–Kier alpha value is -0.0800. The highest BCUT2D eigenvalue weighted by molar-refractivity contribution is 4.68. The van der Waals surface area contributed by atoms with Crippen LogP contribution in [0.1, 0.15) is 66.2 Å². The topological polar surface area (TPSA) is 32.3 Å². The molecule has 0 amide bonds. The molecule has 0 heterocycles. The zero-order valence-corrected chi connectivity index (χ0v) is 11.0. The molecule has 92 valence electrons. The van der Waals surface area contributed by atoms with Crippen LogP contribution in [0, 0.1) is 0 Å². The average Bonchev–Trinajstić information content (AvgIpc) is 2.10. The first-order valence-corrected chi connectivity index (χ1v) is 6.41. The van der Waals surface area contributed by atoms with Gasteiger partial charge < -0.3 is 10.4 Å². The van der Waals surface area contributed by atoms with Gasteiger partial charge in [-0.05, 0) is 40.2 Å². The fourth-order valence-electron chi connectivity index (χ4n) is 1.60. The molecule has 0 saturated carbocycles. The van der Waals surface area contributed by atoms with Crippen LogP contribution in [0.2, 0.25) is 0 Å². The normalized spacial score (nSPS) is 14.2. The highest BCUT2D eigenvalue weighted by Crippen LogP contribution is 2.07. The summed E-state index contributed by atoms with van der Waals surface area (Å²) in [6.07, 6.45) is 7.42. The van der Waals surface area contributed by atoms with E-state index in [4.69, 9.17) is 0 Å². The van der Waals surface area contributed by atoms with E-state index in [2.05, 4.69) is 19.2 Å². The van der Waals surface area contributed by atoms with Gasteiger partial charge in [0.15, 0.2) is 0 Å². The molecule has 0 spiro atoms. The van der Waals surface area contributed by atoms with Gasteiger partial charge in [-0.15, -0.1) is 0 Å². The van der Waals surface area contributed by atoms with Gasteiger partial charge in [0.25, 0.3) is 0 Å². The van der Waals surface area contributed by atoms with Gasteiger partial charge in [0.1, 0.15) is 0 Å². The maximum absolute atomic E-state index is 9.54. The SMILES string of the molecule is CCCCCCC(C)NCCC(C)(C)O. The Bertz CT molecular complexity index is 140. The molecule has 1 unspecified atom stereocenters. The van der Waals surface area contributed by atoms with Crippen LogP contribution in [0.4, 0.5) is 0 Å². The Morgan fingerprint density at radius 2 is 1.87 bits per heavy atom. The molecule has 0 aromatic heterocycles. The molecule has 0 bridgehead atoms. The van der Waals surface area contributed by atoms with Gasteiger partial charge in [-0.25, -0.2) is 0 Å². The summed E-state index contributed by atoms with van der Waals surface area (Å²) in [7, 11) is 0. The lowest BCUT2D eigenvalue weighted by Crippen LogP contribution is -2.32. The smallest absolute Gasteiger partial charge is 0.0603 e. The average molecular weight is 215 g/mol. The highest BCUT2D eigenvalue weighted by Gasteiger charge is 2.11. The number of nitrogens with one attached hydrogen (secondary N) is 1. The second-order valence-corrected chi connectivity index (χ2v) is 5.27. The summed E-state index contributed by atoms with van der Waals surface area (Å²) < 4.78 is 0. The summed E-state index contributed by atoms with van der Waals surface area (Å²) in [5.74, 6) is 0. The largest absolute Gasteiger partial charge is 0.390 e. The fraction of sp³-hybridized carbons (Fsp3) is 1.00. The van der Waals surface area contributed by atoms with Crippen LogP contribution in [-0.4, -0.2) is 23.3 Å². The first-order valence-electron chi connectivity index (χ1n) is 6.41. The fourth-order valence-corrected chi connectivity index (χ4v) is 1.60. The Balaban J connectivity index is 3.29. The van der Waals surface area contributed by atoms with Crippen molar-refractivity contribution in [2.75, 3.05) is 6.54 Å². The van der Waals surface area contributed by atoms with E-state index in [-0.39, 0.29) is 0 Å². The number of aliphatic hydroxyl groups is 1. The van der Waals surface area contributed by atoms with Gasteiger partial charge >= 0.3 is 0 Å². The minimum absolute atomic E-state index is 0.533. The molecule has 0 saturated heterocycles. The van der Waals surface area contributed by atoms with E-state index in [1.165, 1.54) is 32.1 Å². The Kier molecular flexibility index (Phi) is 8.07. The molecule has 0 aliphatic rings. The lowest BCUT2D eigenvalue weighted by atomic mass is 10.0. The molecule has 0 aliphatic heterocycles. The third kappa shape index (κ3) is 11.8. The zero-order valence-electron chi connectivity index (χ0n) is 11.0. The molecule has 0 fully saturated rings. The van der Waals surface area contributed by atoms with Crippen molar-refractivity contribution in [3.63, 3.8) is 0 Å². The summed E-state index contributed by atoms with van der Waals surface area (Å²) in [6, 6.07) is 0.587. The lowest BCUT2D eigenvalue weighted by Gasteiger charge is -2.19. The number of rotatable bonds is 9. The summed E-state index contributed by atoms with van der Waals surface area (Å²) >= 11 is 0. The molecule has 0 aromatic rings. The van der Waals surface area contributed by atoms with Crippen molar-refractivity contribution < 1.29 is 5.11 Å². The minimum atomic E-state index is -0.533. The van der Waals surface area contributed by atoms with Crippen LogP contribution in [0.3, 0.4) is 0 Å². The van der Waals surface area contributed by atoms with Crippen molar-refractivity contribution in [2.45, 2.75) is 77.9 Å². The highest BCUT2D eigenvalue weighted by atomic mass is 16.3. The molecule has 2 heteroatoms. The van der Waals surface area contributed by atoms with Gasteiger partial charge in [0.05, 0.1) is 5.60 Å². The van der Waals surface area contributed by atoms with Crippen molar-refractivity contribution in [1.29, 1.82) is 0 Å². The summed E-state index contributed by atoms with van der Waals surface area (Å²) in [5.41, 5.74) is -0.533. The Morgan fingerprint density at radius 3 is 2.40 bits per heavy atom. The second kappa shape index (κ2) is 8.12. The van der Waals surface area contributed by atoms with Crippen molar-refractivity contribution in [3.8, 4) is 0 Å².